The molecule has 2 atom stereocenters. The predicted octanol–water partition coefficient (Wildman–Crippen LogP) is 4.01. The van der Waals surface area contributed by atoms with Crippen LogP contribution in [0.5, 0.6) is 0 Å². The Morgan fingerprint density at radius 1 is 0.900 bits per heavy atom. The highest BCUT2D eigenvalue weighted by Gasteiger charge is 2.29. The van der Waals surface area contributed by atoms with Crippen LogP contribution in [0.25, 0.3) is 0 Å². The Morgan fingerprint density at radius 3 is 2.05 bits per heavy atom. The molecule has 20 heavy (non-hydrogen) atoms. The Kier molecular flexibility index (Phi) is 6.35. The number of rotatable bonds is 5. The van der Waals surface area contributed by atoms with Gasteiger partial charge < -0.3 is 4.90 Å². The van der Waals surface area contributed by atoms with Gasteiger partial charge in [-0.25, -0.2) is 0 Å². The van der Waals surface area contributed by atoms with Crippen molar-refractivity contribution >= 4 is 0 Å². The Morgan fingerprint density at radius 2 is 1.50 bits per heavy atom. The zero-order valence-corrected chi connectivity index (χ0v) is 14.3. The molecular formula is C18H36N2. The van der Waals surface area contributed by atoms with Crippen molar-refractivity contribution < 1.29 is 0 Å². The smallest absolute Gasteiger partial charge is 0.00722 e. The van der Waals surface area contributed by atoms with Crippen molar-refractivity contribution in [3.8, 4) is 0 Å². The summed E-state index contributed by atoms with van der Waals surface area (Å²) in [5, 5.41) is 0. The number of piperidine rings is 2. The molecule has 0 N–H and O–H groups in total. The van der Waals surface area contributed by atoms with Crippen LogP contribution in [0.3, 0.4) is 0 Å². The van der Waals surface area contributed by atoms with E-state index in [9.17, 15) is 0 Å². The first-order chi connectivity index (χ1) is 9.60. The number of hydrogen-bond acceptors (Lipinski definition) is 2. The second-order valence-electron chi connectivity index (χ2n) is 7.59. The summed E-state index contributed by atoms with van der Waals surface area (Å²) in [5.41, 5.74) is 0. The molecule has 0 saturated carbocycles. The largest absolute Gasteiger partial charge is 0.303 e. The molecule has 0 aromatic heterocycles. The quantitative estimate of drug-likeness (QED) is 0.751. The molecule has 2 fully saturated rings. The van der Waals surface area contributed by atoms with Crippen molar-refractivity contribution in [2.24, 2.45) is 11.8 Å². The van der Waals surface area contributed by atoms with Gasteiger partial charge in [0.2, 0.25) is 0 Å². The van der Waals surface area contributed by atoms with Gasteiger partial charge in [-0.2, -0.15) is 0 Å². The maximum absolute atomic E-state index is 2.79. The van der Waals surface area contributed by atoms with E-state index in [-0.39, 0.29) is 0 Å². The molecule has 2 aliphatic heterocycles. The Hall–Kier alpha value is -0.0800. The van der Waals surface area contributed by atoms with E-state index >= 15 is 0 Å². The van der Waals surface area contributed by atoms with Crippen LogP contribution in [0.2, 0.25) is 0 Å². The van der Waals surface area contributed by atoms with Crippen LogP contribution in [-0.2, 0) is 0 Å². The molecule has 2 saturated heterocycles. The Bertz CT molecular complexity index is 259. The first-order valence-corrected chi connectivity index (χ1v) is 9.08. The fourth-order valence-corrected chi connectivity index (χ4v) is 4.55. The minimum atomic E-state index is 0.800. The lowest BCUT2D eigenvalue weighted by molar-refractivity contribution is 0.0641. The molecule has 0 aromatic carbocycles. The molecule has 2 rings (SSSR count). The second-order valence-corrected chi connectivity index (χ2v) is 7.59. The second kappa shape index (κ2) is 7.79. The van der Waals surface area contributed by atoms with E-state index in [1.54, 1.807) is 0 Å². The van der Waals surface area contributed by atoms with Gasteiger partial charge in [0.25, 0.3) is 0 Å². The maximum atomic E-state index is 2.79. The van der Waals surface area contributed by atoms with Crippen LogP contribution in [-0.4, -0.2) is 48.1 Å². The first-order valence-electron chi connectivity index (χ1n) is 9.08. The number of hydrogen-bond donors (Lipinski definition) is 0. The Labute approximate surface area is 126 Å². The summed E-state index contributed by atoms with van der Waals surface area (Å²) in [6.07, 6.45) is 8.42. The average molecular weight is 281 g/mol. The van der Waals surface area contributed by atoms with Crippen molar-refractivity contribution in [3.63, 3.8) is 0 Å². The van der Waals surface area contributed by atoms with Crippen molar-refractivity contribution in [1.82, 2.24) is 9.80 Å². The molecule has 0 aliphatic carbocycles. The lowest BCUT2D eigenvalue weighted by Crippen LogP contribution is -2.47. The van der Waals surface area contributed by atoms with Gasteiger partial charge in [-0.15, -0.1) is 0 Å². The zero-order chi connectivity index (χ0) is 14.5. The minimum Gasteiger partial charge on any atom is -0.303 e. The highest BCUT2D eigenvalue weighted by Crippen LogP contribution is 2.29. The van der Waals surface area contributed by atoms with Gasteiger partial charge in [-0.05, 0) is 90.4 Å². The molecule has 0 bridgehead atoms. The van der Waals surface area contributed by atoms with Crippen molar-refractivity contribution in [2.45, 2.75) is 78.3 Å². The van der Waals surface area contributed by atoms with E-state index in [4.69, 9.17) is 0 Å². The summed E-state index contributed by atoms with van der Waals surface area (Å²) < 4.78 is 0. The van der Waals surface area contributed by atoms with E-state index in [1.807, 2.05) is 0 Å². The van der Waals surface area contributed by atoms with Crippen LogP contribution < -0.4 is 0 Å². The van der Waals surface area contributed by atoms with Gasteiger partial charge >= 0.3 is 0 Å². The summed E-state index contributed by atoms with van der Waals surface area (Å²) in [5.74, 6) is 1.91. The fourth-order valence-electron chi connectivity index (χ4n) is 4.55. The average Bonchev–Trinajstić information content (AvgIpc) is 2.39. The van der Waals surface area contributed by atoms with Gasteiger partial charge in [0.15, 0.2) is 0 Å². The van der Waals surface area contributed by atoms with Crippen LogP contribution >= 0.6 is 0 Å². The monoisotopic (exact) mass is 280 g/mol. The molecule has 0 aromatic rings. The van der Waals surface area contributed by atoms with E-state index in [0.29, 0.717) is 0 Å². The molecule has 0 radical (unpaired) electrons. The third-order valence-corrected chi connectivity index (χ3v) is 5.66. The first kappa shape index (κ1) is 16.3. The van der Waals surface area contributed by atoms with Crippen molar-refractivity contribution in [3.05, 3.63) is 0 Å². The third-order valence-electron chi connectivity index (χ3n) is 5.66. The number of nitrogens with zero attached hydrogens (tertiary/aromatic N) is 2. The Balaban J connectivity index is 1.70. The molecule has 2 heteroatoms. The van der Waals surface area contributed by atoms with E-state index < -0.39 is 0 Å². The molecule has 2 unspecified atom stereocenters. The summed E-state index contributed by atoms with van der Waals surface area (Å²) in [7, 11) is 0. The number of likely N-dealkylation sites (tertiary alicyclic amines) is 2. The zero-order valence-electron chi connectivity index (χ0n) is 14.3. The summed E-state index contributed by atoms with van der Waals surface area (Å²) in [6, 6.07) is 1.60. The van der Waals surface area contributed by atoms with Crippen LogP contribution in [0.15, 0.2) is 0 Å². The van der Waals surface area contributed by atoms with Crippen LogP contribution in [0.1, 0.15) is 66.2 Å². The molecule has 0 spiro atoms. The van der Waals surface area contributed by atoms with Crippen molar-refractivity contribution in [2.75, 3.05) is 26.2 Å². The normalized spacial score (nSPS) is 34.5. The standard InChI is InChI=1S/C18H36N2/c1-5-9-19-10-6-18(7-11-19)8-12-20-16(3)13-15(2)14-17(20)4/h15-18H,5-14H2,1-4H3. The van der Waals surface area contributed by atoms with E-state index in [1.165, 1.54) is 64.7 Å². The predicted molar refractivity (Wildman–Crippen MR) is 88.1 cm³/mol. The molecule has 0 amide bonds. The topological polar surface area (TPSA) is 6.48 Å². The van der Waals surface area contributed by atoms with Gasteiger partial charge in [0, 0.05) is 12.1 Å². The maximum Gasteiger partial charge on any atom is 0.00722 e. The minimum absolute atomic E-state index is 0.800. The van der Waals surface area contributed by atoms with Gasteiger partial charge in [-0.1, -0.05) is 13.8 Å². The molecule has 118 valence electrons. The van der Waals surface area contributed by atoms with Gasteiger partial charge in [0.1, 0.15) is 0 Å². The molecular weight excluding hydrogens is 244 g/mol. The highest BCUT2D eigenvalue weighted by molar-refractivity contribution is 4.84. The van der Waals surface area contributed by atoms with E-state index in [0.717, 1.165) is 23.9 Å². The van der Waals surface area contributed by atoms with Gasteiger partial charge in [-0.3, -0.25) is 4.90 Å². The molecule has 2 nitrogen and oxygen atoms in total. The fraction of sp³-hybridized carbons (Fsp3) is 1.00. The van der Waals surface area contributed by atoms with Crippen LogP contribution in [0, 0.1) is 11.8 Å². The van der Waals surface area contributed by atoms with Crippen molar-refractivity contribution in [1.29, 1.82) is 0 Å². The van der Waals surface area contributed by atoms with Gasteiger partial charge in [0.05, 0.1) is 0 Å². The highest BCUT2D eigenvalue weighted by atomic mass is 15.2. The lowest BCUT2D eigenvalue weighted by atomic mass is 9.87. The summed E-state index contributed by atoms with van der Waals surface area (Å²) in [6.45, 7) is 15.0. The van der Waals surface area contributed by atoms with E-state index in [2.05, 4.69) is 37.5 Å². The lowest BCUT2D eigenvalue weighted by Gasteiger charge is -2.43. The molecule has 2 aliphatic rings. The van der Waals surface area contributed by atoms with Crippen LogP contribution in [0.4, 0.5) is 0 Å². The summed E-state index contributed by atoms with van der Waals surface area (Å²) >= 11 is 0. The molecule has 2 heterocycles. The SMILES string of the molecule is CCCN1CCC(CCN2C(C)CC(C)CC2C)CC1. The summed E-state index contributed by atoms with van der Waals surface area (Å²) in [4.78, 5) is 5.45. The third kappa shape index (κ3) is 4.46.